The lowest BCUT2D eigenvalue weighted by Crippen LogP contribution is -2.34. The number of urea groups is 1. The molecule has 2 rings (SSSR count). The Morgan fingerprint density at radius 2 is 1.88 bits per heavy atom. The molecule has 1 aromatic carbocycles. The highest BCUT2D eigenvalue weighted by atomic mass is 19.1. The molecule has 0 saturated carbocycles. The number of methoxy groups -OCH3 is 1. The zero-order chi connectivity index (χ0) is 17.7. The zero-order valence-electron chi connectivity index (χ0n) is 13.1. The van der Waals surface area contributed by atoms with Crippen molar-refractivity contribution in [1.82, 2.24) is 10.6 Å². The molecule has 0 aliphatic carbocycles. The van der Waals surface area contributed by atoms with Gasteiger partial charge >= 0.3 is 12.0 Å². The third-order valence-corrected chi connectivity index (χ3v) is 3.24. The van der Waals surface area contributed by atoms with Gasteiger partial charge in [-0.2, -0.15) is 0 Å². The number of rotatable bonds is 5. The Kier molecular flexibility index (Phi) is 5.51. The third kappa shape index (κ3) is 4.31. The number of furan rings is 1. The van der Waals surface area contributed by atoms with E-state index in [2.05, 4.69) is 15.4 Å². The molecule has 8 heteroatoms. The highest BCUT2D eigenvalue weighted by molar-refractivity contribution is 5.90. The van der Waals surface area contributed by atoms with Crippen LogP contribution in [0.2, 0.25) is 0 Å². The minimum absolute atomic E-state index is 0.0231. The zero-order valence-corrected chi connectivity index (χ0v) is 13.1. The first-order valence-electron chi connectivity index (χ1n) is 7.04. The number of hydrogen-bond acceptors (Lipinski definition) is 4. The van der Waals surface area contributed by atoms with Crippen LogP contribution >= 0.6 is 0 Å². The van der Waals surface area contributed by atoms with Gasteiger partial charge in [0.2, 0.25) is 0 Å². The molecular weight excluding hydrogens is 322 g/mol. The van der Waals surface area contributed by atoms with Crippen LogP contribution in [-0.2, 0) is 17.8 Å². The number of amides is 2. The molecule has 0 fully saturated rings. The summed E-state index contributed by atoms with van der Waals surface area (Å²) in [6.45, 7) is 1.46. The van der Waals surface area contributed by atoms with Gasteiger partial charge in [-0.25, -0.2) is 18.4 Å². The van der Waals surface area contributed by atoms with Crippen molar-refractivity contribution in [3.63, 3.8) is 0 Å². The number of ether oxygens (including phenoxy) is 1. The van der Waals surface area contributed by atoms with Crippen molar-refractivity contribution in [2.45, 2.75) is 20.0 Å². The lowest BCUT2D eigenvalue weighted by atomic mass is 10.2. The van der Waals surface area contributed by atoms with Gasteiger partial charge in [0.25, 0.3) is 0 Å². The van der Waals surface area contributed by atoms with Gasteiger partial charge in [0.1, 0.15) is 28.7 Å². The number of carbonyl (C=O) groups excluding carboxylic acids is 2. The number of nitrogens with one attached hydrogen (secondary N) is 2. The van der Waals surface area contributed by atoms with Crippen LogP contribution in [0.25, 0.3) is 0 Å². The molecular formula is C16H16F2N2O4. The van der Waals surface area contributed by atoms with E-state index in [1.54, 1.807) is 6.92 Å². The summed E-state index contributed by atoms with van der Waals surface area (Å²) < 4.78 is 36.4. The summed E-state index contributed by atoms with van der Waals surface area (Å²) in [5.41, 5.74) is 0.309. The van der Waals surface area contributed by atoms with E-state index in [1.165, 1.54) is 13.2 Å². The molecule has 2 N–H and O–H groups in total. The Hall–Kier alpha value is -2.90. The summed E-state index contributed by atoms with van der Waals surface area (Å²) >= 11 is 0. The van der Waals surface area contributed by atoms with Crippen molar-refractivity contribution in [3.8, 4) is 0 Å². The molecule has 0 aliphatic heterocycles. The van der Waals surface area contributed by atoms with E-state index in [0.29, 0.717) is 11.5 Å². The highest BCUT2D eigenvalue weighted by Gasteiger charge is 2.15. The minimum Gasteiger partial charge on any atom is -0.465 e. The normalized spacial score (nSPS) is 10.3. The number of benzene rings is 1. The summed E-state index contributed by atoms with van der Waals surface area (Å²) in [4.78, 5) is 23.2. The largest absolute Gasteiger partial charge is 0.465 e. The maximum Gasteiger partial charge on any atom is 0.341 e. The van der Waals surface area contributed by atoms with Crippen molar-refractivity contribution in [1.29, 1.82) is 0 Å². The molecule has 0 radical (unpaired) electrons. The molecule has 0 bridgehead atoms. The van der Waals surface area contributed by atoms with Gasteiger partial charge in [0, 0.05) is 12.1 Å². The number of hydrogen-bond donors (Lipinski definition) is 2. The van der Waals surface area contributed by atoms with E-state index >= 15 is 0 Å². The molecule has 2 aromatic rings. The predicted octanol–water partition coefficient (Wildman–Crippen LogP) is 2.65. The molecule has 0 saturated heterocycles. The second kappa shape index (κ2) is 7.58. The Morgan fingerprint density at radius 1 is 1.17 bits per heavy atom. The minimum atomic E-state index is -0.610. The van der Waals surface area contributed by atoms with Crippen molar-refractivity contribution < 1.29 is 27.5 Å². The van der Waals surface area contributed by atoms with Crippen LogP contribution in [0.15, 0.2) is 28.7 Å². The number of carbonyl (C=O) groups is 2. The SMILES string of the molecule is COC(=O)c1cc(CNC(=O)NCc2cc(F)ccc2F)oc1C. The standard InChI is InChI=1S/C16H16F2N2O4/c1-9-13(15(21)23-2)6-12(24-9)8-20-16(22)19-7-10-5-11(17)3-4-14(10)18/h3-6H,7-8H2,1-2H3,(H2,19,20,22). The van der Waals surface area contributed by atoms with Gasteiger partial charge in [-0.05, 0) is 31.2 Å². The smallest absolute Gasteiger partial charge is 0.341 e. The molecule has 6 nitrogen and oxygen atoms in total. The molecule has 0 aliphatic rings. The van der Waals surface area contributed by atoms with Gasteiger partial charge in [0.05, 0.1) is 13.7 Å². The maximum atomic E-state index is 13.4. The van der Waals surface area contributed by atoms with Crippen LogP contribution in [0.3, 0.4) is 0 Å². The first-order chi connectivity index (χ1) is 11.4. The molecule has 0 atom stereocenters. The third-order valence-electron chi connectivity index (χ3n) is 3.24. The Labute approximate surface area is 136 Å². The van der Waals surface area contributed by atoms with Crippen LogP contribution < -0.4 is 10.6 Å². The molecule has 0 unspecified atom stereocenters. The fraction of sp³-hybridized carbons (Fsp3) is 0.250. The fourth-order valence-corrected chi connectivity index (χ4v) is 2.03. The Balaban J connectivity index is 1.87. The van der Waals surface area contributed by atoms with Gasteiger partial charge in [-0.15, -0.1) is 0 Å². The molecule has 2 amide bonds. The lowest BCUT2D eigenvalue weighted by molar-refractivity contribution is 0.0598. The van der Waals surface area contributed by atoms with Crippen molar-refractivity contribution >= 4 is 12.0 Å². The van der Waals surface area contributed by atoms with Crippen LogP contribution in [0, 0.1) is 18.6 Å². The predicted molar refractivity (Wildman–Crippen MR) is 80.2 cm³/mol. The number of esters is 1. The lowest BCUT2D eigenvalue weighted by Gasteiger charge is -2.07. The van der Waals surface area contributed by atoms with Crippen LogP contribution in [0.1, 0.15) is 27.4 Å². The van der Waals surface area contributed by atoms with Crippen LogP contribution in [-0.4, -0.2) is 19.1 Å². The second-order valence-corrected chi connectivity index (χ2v) is 4.95. The Morgan fingerprint density at radius 3 is 2.58 bits per heavy atom. The first-order valence-corrected chi connectivity index (χ1v) is 7.04. The highest BCUT2D eigenvalue weighted by Crippen LogP contribution is 2.15. The van der Waals surface area contributed by atoms with Crippen molar-refractivity contribution in [2.24, 2.45) is 0 Å². The molecule has 128 valence electrons. The van der Waals surface area contributed by atoms with E-state index < -0.39 is 23.6 Å². The number of aryl methyl sites for hydroxylation is 1. The van der Waals surface area contributed by atoms with Gasteiger partial charge in [-0.3, -0.25) is 0 Å². The van der Waals surface area contributed by atoms with Crippen LogP contribution in [0.4, 0.5) is 13.6 Å². The molecule has 0 spiro atoms. The summed E-state index contributed by atoms with van der Waals surface area (Å²) in [7, 11) is 1.26. The van der Waals surface area contributed by atoms with E-state index in [9.17, 15) is 18.4 Å². The quantitative estimate of drug-likeness (QED) is 0.822. The van der Waals surface area contributed by atoms with Gasteiger partial charge in [-0.1, -0.05) is 0 Å². The molecule has 1 aromatic heterocycles. The maximum absolute atomic E-state index is 13.4. The average Bonchev–Trinajstić information content (AvgIpc) is 2.94. The second-order valence-electron chi connectivity index (χ2n) is 4.95. The Bertz CT molecular complexity index is 759. The molecule has 24 heavy (non-hydrogen) atoms. The summed E-state index contributed by atoms with van der Waals surface area (Å²) in [6, 6.07) is 3.87. The number of halogens is 2. The van der Waals surface area contributed by atoms with E-state index in [1.807, 2.05) is 0 Å². The summed E-state index contributed by atoms with van der Waals surface area (Å²) in [5, 5.41) is 4.89. The van der Waals surface area contributed by atoms with Gasteiger partial charge < -0.3 is 19.8 Å². The van der Waals surface area contributed by atoms with Crippen molar-refractivity contribution in [2.75, 3.05) is 7.11 Å². The van der Waals surface area contributed by atoms with E-state index in [0.717, 1.165) is 18.2 Å². The molecule has 1 heterocycles. The van der Waals surface area contributed by atoms with Crippen LogP contribution in [0.5, 0.6) is 0 Å². The average molecular weight is 338 g/mol. The monoisotopic (exact) mass is 338 g/mol. The summed E-state index contributed by atoms with van der Waals surface area (Å²) in [5.74, 6) is -0.995. The van der Waals surface area contributed by atoms with Gasteiger partial charge in [0.15, 0.2) is 0 Å². The van der Waals surface area contributed by atoms with E-state index in [-0.39, 0.29) is 24.2 Å². The first kappa shape index (κ1) is 17.5. The van der Waals surface area contributed by atoms with Crippen molar-refractivity contribution in [3.05, 3.63) is 58.5 Å². The topological polar surface area (TPSA) is 80.6 Å². The fourth-order valence-electron chi connectivity index (χ4n) is 2.03. The van der Waals surface area contributed by atoms with E-state index in [4.69, 9.17) is 4.42 Å². The summed E-state index contributed by atoms with van der Waals surface area (Å²) in [6.07, 6.45) is 0.